The van der Waals surface area contributed by atoms with Crippen LogP contribution in [0.1, 0.15) is 53.7 Å². The van der Waals surface area contributed by atoms with E-state index in [1.54, 1.807) is 12.1 Å². The summed E-state index contributed by atoms with van der Waals surface area (Å²) in [5.41, 5.74) is 1.07. The Balaban J connectivity index is 1.66. The lowest BCUT2D eigenvalue weighted by Crippen LogP contribution is -2.26. The van der Waals surface area contributed by atoms with E-state index in [1.165, 1.54) is 24.0 Å². The molecule has 5 rings (SSSR count). The van der Waals surface area contributed by atoms with Crippen molar-refractivity contribution in [3.05, 3.63) is 58.8 Å². The molecule has 1 amide bonds. The summed E-state index contributed by atoms with van der Waals surface area (Å²) in [6, 6.07) is 10.1. The van der Waals surface area contributed by atoms with Crippen molar-refractivity contribution in [3.63, 3.8) is 0 Å². The van der Waals surface area contributed by atoms with Gasteiger partial charge in [0, 0.05) is 24.2 Å². The molecule has 0 saturated heterocycles. The number of carbonyl (C=O) groups is 1. The van der Waals surface area contributed by atoms with Crippen molar-refractivity contribution in [2.45, 2.75) is 49.6 Å². The van der Waals surface area contributed by atoms with Gasteiger partial charge in [-0.15, -0.1) is 0 Å². The monoisotopic (exact) mass is 470 g/mol. The van der Waals surface area contributed by atoms with E-state index in [4.69, 9.17) is 0 Å². The van der Waals surface area contributed by atoms with Gasteiger partial charge in [-0.2, -0.15) is 5.26 Å². The summed E-state index contributed by atoms with van der Waals surface area (Å²) < 4.78 is 55.0. The lowest BCUT2D eigenvalue weighted by Gasteiger charge is -2.15. The Morgan fingerprint density at radius 2 is 1.97 bits per heavy atom. The van der Waals surface area contributed by atoms with Crippen molar-refractivity contribution in [1.29, 1.82) is 5.26 Å². The Morgan fingerprint density at radius 1 is 1.24 bits per heavy atom. The topological polar surface area (TPSA) is 95.5 Å². The molecule has 0 unspecified atom stereocenters. The summed E-state index contributed by atoms with van der Waals surface area (Å²) in [6.45, 7) is 2.27. The van der Waals surface area contributed by atoms with E-state index in [2.05, 4.69) is 11.1 Å². The zero-order chi connectivity index (χ0) is 23.8. The van der Waals surface area contributed by atoms with Crippen LogP contribution >= 0.6 is 0 Å². The van der Waals surface area contributed by atoms with Gasteiger partial charge in [-0.1, -0.05) is 19.1 Å². The number of fused-ring (bicyclic) bond motifs is 2. The van der Waals surface area contributed by atoms with Gasteiger partial charge in [-0.25, -0.2) is 22.2 Å². The Kier molecular flexibility index (Phi) is 4.46. The smallest absolute Gasteiger partial charge is 0.271 e. The fourth-order valence-corrected chi connectivity index (χ4v) is 5.38. The molecular weight excluding hydrogens is 450 g/mol. The van der Waals surface area contributed by atoms with Crippen LogP contribution in [0, 0.1) is 11.3 Å². The summed E-state index contributed by atoms with van der Waals surface area (Å²) in [7, 11) is -3.93. The minimum Gasteiger partial charge on any atom is -0.288 e. The zero-order valence-electron chi connectivity index (χ0n) is 18.0. The van der Waals surface area contributed by atoms with Gasteiger partial charge in [-0.3, -0.25) is 14.1 Å². The largest absolute Gasteiger partial charge is 0.288 e. The molecule has 1 aromatic carbocycles. The molecule has 7 nitrogen and oxygen atoms in total. The van der Waals surface area contributed by atoms with Crippen molar-refractivity contribution in [2.24, 2.45) is 0 Å². The van der Waals surface area contributed by atoms with Gasteiger partial charge in [0.25, 0.3) is 11.8 Å². The number of alkyl halides is 2. The van der Waals surface area contributed by atoms with E-state index in [-0.39, 0.29) is 34.4 Å². The van der Waals surface area contributed by atoms with E-state index in [9.17, 15) is 27.3 Å². The quantitative estimate of drug-likeness (QED) is 0.563. The number of aromatic nitrogens is 2. The highest BCUT2D eigenvalue weighted by Crippen LogP contribution is 2.48. The van der Waals surface area contributed by atoms with E-state index >= 15 is 0 Å². The highest BCUT2D eigenvalue weighted by atomic mass is 32.2. The van der Waals surface area contributed by atoms with Gasteiger partial charge in [0.2, 0.25) is 0 Å². The highest BCUT2D eigenvalue weighted by molar-refractivity contribution is 7.91. The first-order chi connectivity index (χ1) is 15.5. The molecule has 2 aliphatic rings. The second-order valence-electron chi connectivity index (χ2n) is 8.64. The number of halogens is 2. The number of carbonyl (C=O) groups excluding carboxylic acids is 1. The summed E-state index contributed by atoms with van der Waals surface area (Å²) in [5.74, 6) is -3.98. The van der Waals surface area contributed by atoms with Gasteiger partial charge < -0.3 is 0 Å². The molecule has 3 aromatic rings. The van der Waals surface area contributed by atoms with Crippen molar-refractivity contribution in [1.82, 2.24) is 9.38 Å². The number of imidazole rings is 1. The molecule has 0 radical (unpaired) electrons. The van der Waals surface area contributed by atoms with Gasteiger partial charge in [-0.05, 0) is 42.2 Å². The number of hydrogen-bond donors (Lipinski definition) is 0. The van der Waals surface area contributed by atoms with Crippen LogP contribution in [0.25, 0.3) is 5.65 Å². The normalized spacial score (nSPS) is 17.3. The molecule has 1 aliphatic heterocycles. The maximum Gasteiger partial charge on any atom is 0.271 e. The molecule has 170 valence electrons. The van der Waals surface area contributed by atoms with E-state index in [1.807, 2.05) is 6.07 Å². The van der Waals surface area contributed by atoms with Gasteiger partial charge in [0.15, 0.2) is 20.7 Å². The summed E-state index contributed by atoms with van der Waals surface area (Å²) in [4.78, 5) is 19.0. The summed E-state index contributed by atoms with van der Waals surface area (Å²) in [5, 5.41) is 9.20. The van der Waals surface area contributed by atoms with Crippen LogP contribution in [0.5, 0.6) is 0 Å². The Hall–Kier alpha value is -3.32. The van der Waals surface area contributed by atoms with Crippen LogP contribution < -0.4 is 4.90 Å². The molecule has 1 aliphatic carbocycles. The summed E-state index contributed by atoms with van der Waals surface area (Å²) >= 11 is 0. The average molecular weight is 471 g/mol. The standard InChI is InChI=1S/C23H20F2N4O3S/c1-3-33(31,32)21-19(27-18-7-6-16(12-28(18)21)22(2,24)25)29-11-14-4-5-15(10-17(14)20(29)30)23(13-26)8-9-23/h4-7,10,12H,3,8-9,11H2,1-2H3. The number of amides is 1. The third-order valence-corrected chi connectivity index (χ3v) is 8.15. The molecule has 1 saturated carbocycles. The molecule has 10 heteroatoms. The minimum absolute atomic E-state index is 0.0856. The van der Waals surface area contributed by atoms with Crippen LogP contribution in [0.2, 0.25) is 0 Å². The number of hydrogen-bond acceptors (Lipinski definition) is 5. The number of rotatable bonds is 5. The Labute approximate surface area is 189 Å². The van der Waals surface area contributed by atoms with Crippen molar-refractivity contribution < 1.29 is 22.0 Å². The number of nitriles is 1. The average Bonchev–Trinajstić information content (AvgIpc) is 3.38. The Morgan fingerprint density at radius 3 is 2.58 bits per heavy atom. The first-order valence-electron chi connectivity index (χ1n) is 10.5. The van der Waals surface area contributed by atoms with E-state index < -0.39 is 27.1 Å². The van der Waals surface area contributed by atoms with Crippen LogP contribution in [0.4, 0.5) is 14.6 Å². The van der Waals surface area contributed by atoms with Crippen LogP contribution in [-0.2, 0) is 27.7 Å². The predicted octanol–water partition coefficient (Wildman–Crippen LogP) is 3.96. The fourth-order valence-electron chi connectivity index (χ4n) is 4.23. The van der Waals surface area contributed by atoms with Gasteiger partial charge >= 0.3 is 0 Å². The lowest BCUT2D eigenvalue weighted by molar-refractivity contribution is 0.0170. The number of pyridine rings is 1. The zero-order valence-corrected chi connectivity index (χ0v) is 18.8. The second-order valence-corrected chi connectivity index (χ2v) is 10.8. The molecule has 1 fully saturated rings. The predicted molar refractivity (Wildman–Crippen MR) is 116 cm³/mol. The molecule has 0 atom stereocenters. The number of nitrogens with zero attached hydrogens (tertiary/aromatic N) is 4. The molecular formula is C23H20F2N4O3S. The van der Waals surface area contributed by atoms with Crippen LogP contribution in [0.15, 0.2) is 41.6 Å². The van der Waals surface area contributed by atoms with Crippen molar-refractivity contribution in [3.8, 4) is 6.07 Å². The number of sulfone groups is 1. The molecule has 0 spiro atoms. The maximum atomic E-state index is 13.9. The van der Waals surface area contributed by atoms with E-state index in [0.29, 0.717) is 11.1 Å². The lowest BCUT2D eigenvalue weighted by atomic mass is 9.94. The Bertz CT molecular complexity index is 1480. The van der Waals surface area contributed by atoms with Crippen LogP contribution in [0.3, 0.4) is 0 Å². The van der Waals surface area contributed by atoms with Gasteiger partial charge in [0.1, 0.15) is 5.65 Å². The summed E-state index contributed by atoms with van der Waals surface area (Å²) in [6.07, 6.45) is 2.52. The molecule has 3 heterocycles. The van der Waals surface area contributed by atoms with Gasteiger partial charge in [0.05, 0.1) is 23.8 Å². The van der Waals surface area contributed by atoms with Crippen molar-refractivity contribution in [2.75, 3.05) is 10.7 Å². The molecule has 0 bridgehead atoms. The van der Waals surface area contributed by atoms with E-state index in [0.717, 1.165) is 35.9 Å². The highest BCUT2D eigenvalue weighted by Gasteiger charge is 2.46. The number of benzene rings is 1. The first kappa shape index (κ1) is 21.5. The van der Waals surface area contributed by atoms with Crippen molar-refractivity contribution >= 4 is 27.2 Å². The number of anilines is 1. The minimum atomic E-state index is -3.93. The van der Waals surface area contributed by atoms with Crippen LogP contribution in [-0.4, -0.2) is 29.5 Å². The SMILES string of the molecule is CCS(=O)(=O)c1c(N2Cc3ccc(C4(C#N)CC4)cc3C2=O)nc2ccc(C(C)(F)F)cn12. The molecule has 0 N–H and O–H groups in total. The third kappa shape index (κ3) is 3.22. The second kappa shape index (κ2) is 6.84. The fraction of sp³-hybridized carbons (Fsp3) is 0.348. The first-order valence-corrected chi connectivity index (χ1v) is 12.2. The molecule has 33 heavy (non-hydrogen) atoms. The third-order valence-electron chi connectivity index (χ3n) is 6.43. The maximum absolute atomic E-state index is 13.9. The molecule has 2 aromatic heterocycles.